The lowest BCUT2D eigenvalue weighted by Crippen LogP contribution is -2.24. The summed E-state index contributed by atoms with van der Waals surface area (Å²) in [4.78, 5) is 12.5. The fourth-order valence-electron chi connectivity index (χ4n) is 3.04. The monoisotopic (exact) mass is 468 g/mol. The SMILES string of the molecule is CCOc1cc2c(cc1CNC(=O)c1cc(S(N)(=O)=O)ccc1Br)O[C@@H](C)C2. The van der Waals surface area contributed by atoms with Crippen molar-refractivity contribution >= 4 is 31.9 Å². The lowest BCUT2D eigenvalue weighted by molar-refractivity contribution is 0.0949. The van der Waals surface area contributed by atoms with Crippen LogP contribution in [0.1, 0.15) is 35.3 Å². The lowest BCUT2D eigenvalue weighted by atomic mass is 10.1. The second-order valence-electron chi connectivity index (χ2n) is 6.50. The molecule has 0 aromatic heterocycles. The second kappa shape index (κ2) is 8.10. The molecule has 1 aliphatic rings. The van der Waals surface area contributed by atoms with Crippen molar-refractivity contribution in [1.29, 1.82) is 0 Å². The maximum atomic E-state index is 12.6. The Labute approximate surface area is 172 Å². The number of carbonyl (C=O) groups is 1. The molecule has 0 radical (unpaired) electrons. The highest BCUT2D eigenvalue weighted by Gasteiger charge is 2.22. The van der Waals surface area contributed by atoms with Gasteiger partial charge in [0, 0.05) is 28.6 Å². The standard InChI is InChI=1S/C19H21BrN2O5S/c1-3-26-17-7-12-6-11(2)27-18(12)8-13(17)10-22-19(23)15-9-14(28(21,24)25)4-5-16(15)20/h4-5,7-9,11H,3,6,10H2,1-2H3,(H,22,23)(H2,21,24,25)/t11-/m0/s1. The van der Waals surface area contributed by atoms with Gasteiger partial charge in [0.2, 0.25) is 10.0 Å². The van der Waals surface area contributed by atoms with Crippen molar-refractivity contribution in [1.82, 2.24) is 5.32 Å². The predicted molar refractivity (Wildman–Crippen MR) is 108 cm³/mol. The minimum absolute atomic E-state index is 0.103. The van der Waals surface area contributed by atoms with E-state index in [2.05, 4.69) is 21.2 Å². The summed E-state index contributed by atoms with van der Waals surface area (Å²) in [5, 5.41) is 7.95. The normalized spacial score (nSPS) is 15.6. The number of nitrogens with one attached hydrogen (secondary N) is 1. The molecule has 3 rings (SSSR count). The van der Waals surface area contributed by atoms with Crippen LogP contribution in [-0.4, -0.2) is 27.0 Å². The van der Waals surface area contributed by atoms with Gasteiger partial charge >= 0.3 is 0 Å². The average molecular weight is 469 g/mol. The molecule has 1 atom stereocenters. The van der Waals surface area contributed by atoms with Crippen molar-refractivity contribution in [2.24, 2.45) is 5.14 Å². The van der Waals surface area contributed by atoms with Gasteiger partial charge in [-0.2, -0.15) is 0 Å². The van der Waals surface area contributed by atoms with E-state index in [1.165, 1.54) is 18.2 Å². The van der Waals surface area contributed by atoms with Gasteiger partial charge in [0.05, 0.1) is 17.1 Å². The average Bonchev–Trinajstić information content (AvgIpc) is 2.98. The highest BCUT2D eigenvalue weighted by molar-refractivity contribution is 9.10. The van der Waals surface area contributed by atoms with Crippen LogP contribution in [0.5, 0.6) is 11.5 Å². The van der Waals surface area contributed by atoms with E-state index >= 15 is 0 Å². The molecular weight excluding hydrogens is 448 g/mol. The summed E-state index contributed by atoms with van der Waals surface area (Å²) in [5.41, 5.74) is 2.03. The molecule has 2 aromatic carbocycles. The topological polar surface area (TPSA) is 108 Å². The van der Waals surface area contributed by atoms with Gasteiger partial charge in [0.15, 0.2) is 0 Å². The lowest BCUT2D eigenvalue weighted by Gasteiger charge is -2.14. The van der Waals surface area contributed by atoms with Gasteiger partial charge in [-0.25, -0.2) is 13.6 Å². The molecule has 0 saturated carbocycles. The summed E-state index contributed by atoms with van der Waals surface area (Å²) in [6, 6.07) is 7.88. The minimum atomic E-state index is -3.91. The number of fused-ring (bicyclic) bond motifs is 1. The molecular formula is C19H21BrN2O5S. The van der Waals surface area contributed by atoms with Gasteiger partial charge in [-0.1, -0.05) is 0 Å². The molecule has 0 unspecified atom stereocenters. The molecule has 0 saturated heterocycles. The number of benzene rings is 2. The molecule has 0 fully saturated rings. The molecule has 1 heterocycles. The predicted octanol–water partition coefficient (Wildman–Crippen LogP) is 2.75. The molecule has 0 spiro atoms. The van der Waals surface area contributed by atoms with Crippen molar-refractivity contribution in [2.75, 3.05) is 6.61 Å². The fourth-order valence-corrected chi connectivity index (χ4v) is 4.00. The smallest absolute Gasteiger partial charge is 0.252 e. The number of hydrogen-bond donors (Lipinski definition) is 2. The van der Waals surface area contributed by atoms with E-state index in [0.717, 1.165) is 23.3 Å². The number of ether oxygens (including phenoxy) is 2. The number of halogens is 1. The summed E-state index contributed by atoms with van der Waals surface area (Å²) in [5.74, 6) is 1.05. The Bertz CT molecular complexity index is 1020. The van der Waals surface area contributed by atoms with Crippen LogP contribution in [-0.2, 0) is 23.0 Å². The minimum Gasteiger partial charge on any atom is -0.494 e. The van der Waals surface area contributed by atoms with Crippen LogP contribution >= 0.6 is 15.9 Å². The highest BCUT2D eigenvalue weighted by atomic mass is 79.9. The quantitative estimate of drug-likeness (QED) is 0.677. The zero-order chi connectivity index (χ0) is 20.5. The number of amides is 1. The first kappa shape index (κ1) is 20.6. The second-order valence-corrected chi connectivity index (χ2v) is 8.92. The van der Waals surface area contributed by atoms with Crippen molar-refractivity contribution in [3.8, 4) is 11.5 Å². The Hall–Kier alpha value is -2.10. The van der Waals surface area contributed by atoms with Crippen molar-refractivity contribution in [2.45, 2.75) is 37.8 Å². The molecule has 2 aromatic rings. The van der Waals surface area contributed by atoms with Crippen LogP contribution in [0.4, 0.5) is 0 Å². The molecule has 1 aliphatic heterocycles. The fraction of sp³-hybridized carbons (Fsp3) is 0.316. The zero-order valence-electron chi connectivity index (χ0n) is 15.5. The first-order valence-corrected chi connectivity index (χ1v) is 11.1. The Morgan fingerprint density at radius 3 is 2.79 bits per heavy atom. The van der Waals surface area contributed by atoms with Gasteiger partial charge in [0.1, 0.15) is 17.6 Å². The number of carbonyl (C=O) groups excluding carboxylic acids is 1. The number of hydrogen-bond acceptors (Lipinski definition) is 5. The Balaban J connectivity index is 1.83. The van der Waals surface area contributed by atoms with E-state index in [1.807, 2.05) is 26.0 Å². The van der Waals surface area contributed by atoms with Crippen LogP contribution in [0.2, 0.25) is 0 Å². The third-order valence-electron chi connectivity index (χ3n) is 4.33. The van der Waals surface area contributed by atoms with Crippen molar-refractivity contribution in [3.63, 3.8) is 0 Å². The number of sulfonamides is 1. The highest BCUT2D eigenvalue weighted by Crippen LogP contribution is 2.35. The summed E-state index contributed by atoms with van der Waals surface area (Å²) in [7, 11) is -3.91. The number of primary sulfonamides is 1. The van der Waals surface area contributed by atoms with Crippen molar-refractivity contribution < 1.29 is 22.7 Å². The number of nitrogens with two attached hydrogens (primary N) is 1. The first-order valence-electron chi connectivity index (χ1n) is 8.74. The van der Waals surface area contributed by atoms with Crippen LogP contribution in [0.15, 0.2) is 39.7 Å². The molecule has 0 aliphatic carbocycles. The molecule has 3 N–H and O–H groups in total. The van der Waals surface area contributed by atoms with Gasteiger partial charge in [-0.15, -0.1) is 0 Å². The Morgan fingerprint density at radius 1 is 1.36 bits per heavy atom. The Kier molecular flexibility index (Phi) is 5.97. The van der Waals surface area contributed by atoms with Gasteiger partial charge in [-0.3, -0.25) is 4.79 Å². The molecule has 1 amide bonds. The van der Waals surface area contributed by atoms with Gasteiger partial charge < -0.3 is 14.8 Å². The van der Waals surface area contributed by atoms with Crippen LogP contribution in [0.3, 0.4) is 0 Å². The molecule has 0 bridgehead atoms. The van der Waals surface area contributed by atoms with E-state index < -0.39 is 15.9 Å². The van der Waals surface area contributed by atoms with Crippen LogP contribution in [0.25, 0.3) is 0 Å². The van der Waals surface area contributed by atoms with Gasteiger partial charge in [-0.05, 0) is 60.1 Å². The zero-order valence-corrected chi connectivity index (χ0v) is 17.9. The largest absolute Gasteiger partial charge is 0.494 e. The van der Waals surface area contributed by atoms with E-state index in [9.17, 15) is 13.2 Å². The third kappa shape index (κ3) is 4.48. The van der Waals surface area contributed by atoms with Crippen LogP contribution in [0, 0.1) is 0 Å². The van der Waals surface area contributed by atoms with E-state index in [-0.39, 0.29) is 23.1 Å². The summed E-state index contributed by atoms with van der Waals surface area (Å²) in [6.45, 7) is 4.59. The molecule has 28 heavy (non-hydrogen) atoms. The maximum absolute atomic E-state index is 12.6. The summed E-state index contributed by atoms with van der Waals surface area (Å²) >= 11 is 3.27. The van der Waals surface area contributed by atoms with Gasteiger partial charge in [0.25, 0.3) is 5.91 Å². The van der Waals surface area contributed by atoms with E-state index in [1.54, 1.807) is 0 Å². The van der Waals surface area contributed by atoms with E-state index in [4.69, 9.17) is 14.6 Å². The van der Waals surface area contributed by atoms with Crippen molar-refractivity contribution in [3.05, 3.63) is 51.5 Å². The third-order valence-corrected chi connectivity index (χ3v) is 5.93. The van der Waals surface area contributed by atoms with Crippen LogP contribution < -0.4 is 19.9 Å². The van der Waals surface area contributed by atoms with E-state index in [0.29, 0.717) is 16.8 Å². The molecule has 9 heteroatoms. The first-order chi connectivity index (χ1) is 13.2. The Morgan fingerprint density at radius 2 is 2.11 bits per heavy atom. The summed E-state index contributed by atoms with van der Waals surface area (Å²) < 4.78 is 35.1. The molecule has 7 nitrogen and oxygen atoms in total. The maximum Gasteiger partial charge on any atom is 0.252 e. The number of rotatable bonds is 6. The molecule has 150 valence electrons. The summed E-state index contributed by atoms with van der Waals surface area (Å²) in [6.07, 6.45) is 0.918.